The van der Waals surface area contributed by atoms with Crippen LogP contribution in [0.4, 0.5) is 0 Å². The molecule has 0 saturated heterocycles. The summed E-state index contributed by atoms with van der Waals surface area (Å²) >= 11 is 0. The molecule has 0 aliphatic carbocycles. The van der Waals surface area contributed by atoms with Crippen LogP contribution in [0.25, 0.3) is 99.9 Å². The number of para-hydroxylation sites is 2. The molecule has 10 aromatic rings. The molecule has 0 atom stereocenters. The van der Waals surface area contributed by atoms with E-state index >= 15 is 0 Å². The number of hydrogen-bond donors (Lipinski definition) is 0. The van der Waals surface area contributed by atoms with E-state index in [1.807, 2.05) is 78.9 Å². The average molecular weight is 616 g/mol. The first-order valence-electron chi connectivity index (χ1n) is 15.9. The minimum atomic E-state index is 0.610. The maximum Gasteiger partial charge on any atom is 0.164 e. The molecular weight excluding hydrogens is 590 g/mol. The van der Waals surface area contributed by atoms with Crippen molar-refractivity contribution >= 4 is 54.6 Å². The summed E-state index contributed by atoms with van der Waals surface area (Å²) in [6.07, 6.45) is 0. The van der Waals surface area contributed by atoms with E-state index in [2.05, 4.69) is 72.8 Å². The topological polar surface area (TPSA) is 65.0 Å². The van der Waals surface area contributed by atoms with Crippen molar-refractivity contribution in [2.24, 2.45) is 0 Å². The molecule has 0 aliphatic heterocycles. The molecule has 3 heterocycles. The van der Waals surface area contributed by atoms with Gasteiger partial charge in [0.25, 0.3) is 0 Å². The van der Waals surface area contributed by atoms with Crippen molar-refractivity contribution in [2.45, 2.75) is 0 Å². The molecule has 7 aromatic carbocycles. The van der Waals surface area contributed by atoms with Crippen LogP contribution in [-0.4, -0.2) is 15.0 Å². The van der Waals surface area contributed by atoms with Gasteiger partial charge in [0, 0.05) is 38.2 Å². The lowest BCUT2D eigenvalue weighted by Gasteiger charge is -2.10. The van der Waals surface area contributed by atoms with Gasteiger partial charge < -0.3 is 8.83 Å². The number of rotatable bonds is 4. The zero-order valence-electron chi connectivity index (χ0n) is 25.6. The molecule has 48 heavy (non-hydrogen) atoms. The summed E-state index contributed by atoms with van der Waals surface area (Å²) < 4.78 is 12.3. The lowest BCUT2D eigenvalue weighted by molar-refractivity contribution is 0.668. The summed E-state index contributed by atoms with van der Waals surface area (Å²) in [6, 6.07) is 51.8. The van der Waals surface area contributed by atoms with Gasteiger partial charge in [-0.15, -0.1) is 0 Å². The fourth-order valence-electron chi connectivity index (χ4n) is 6.78. The quantitative estimate of drug-likeness (QED) is 0.197. The fraction of sp³-hybridized carbons (Fsp3) is 0. The Hall–Kier alpha value is -6.59. The van der Waals surface area contributed by atoms with E-state index in [4.69, 9.17) is 23.8 Å². The molecule has 0 N–H and O–H groups in total. The largest absolute Gasteiger partial charge is 0.456 e. The van der Waals surface area contributed by atoms with Gasteiger partial charge in [-0.2, -0.15) is 0 Å². The fourth-order valence-corrected chi connectivity index (χ4v) is 6.78. The Kier molecular flexibility index (Phi) is 5.81. The zero-order chi connectivity index (χ0) is 31.6. The molecule has 5 heteroatoms. The Bertz CT molecular complexity index is 2850. The van der Waals surface area contributed by atoms with Gasteiger partial charge in [0.15, 0.2) is 17.5 Å². The van der Waals surface area contributed by atoms with E-state index < -0.39 is 0 Å². The molecule has 224 valence electrons. The van der Waals surface area contributed by atoms with Crippen molar-refractivity contribution in [3.05, 3.63) is 152 Å². The number of aromatic nitrogens is 3. The number of hydrogen-bond acceptors (Lipinski definition) is 5. The van der Waals surface area contributed by atoms with Gasteiger partial charge in [-0.1, -0.05) is 103 Å². The molecule has 0 spiro atoms. The molecule has 0 aliphatic rings. The van der Waals surface area contributed by atoms with Crippen LogP contribution >= 0.6 is 0 Å². The van der Waals surface area contributed by atoms with Gasteiger partial charge >= 0.3 is 0 Å². The molecule has 0 amide bonds. The normalized spacial score (nSPS) is 11.8. The maximum atomic E-state index is 6.19. The smallest absolute Gasteiger partial charge is 0.164 e. The van der Waals surface area contributed by atoms with E-state index in [1.54, 1.807) is 0 Å². The highest BCUT2D eigenvalue weighted by molar-refractivity contribution is 6.13. The summed E-state index contributed by atoms with van der Waals surface area (Å²) in [5.74, 6) is 1.85. The number of fused-ring (bicyclic) bond motifs is 7. The third-order valence-electron chi connectivity index (χ3n) is 9.11. The standard InChI is InChI=1S/C43H25N3O2/c1-2-9-27(10-3-1)41-44-42(46-43(45-41)30-21-22-38-35(25-30)33-11-4-6-14-36(33)47-38)29-20-18-26-17-19-28(23-31(26)24-29)32-13-8-16-39-40(32)34-12-5-7-15-37(34)48-39/h1-25H. The van der Waals surface area contributed by atoms with Crippen molar-refractivity contribution < 1.29 is 8.83 Å². The van der Waals surface area contributed by atoms with E-state index in [9.17, 15) is 0 Å². The second kappa shape index (κ2) is 10.5. The third kappa shape index (κ3) is 4.29. The van der Waals surface area contributed by atoms with Crippen LogP contribution in [0.1, 0.15) is 0 Å². The maximum absolute atomic E-state index is 6.19. The monoisotopic (exact) mass is 615 g/mol. The molecule has 0 fully saturated rings. The van der Waals surface area contributed by atoms with Gasteiger partial charge in [0.1, 0.15) is 22.3 Å². The van der Waals surface area contributed by atoms with Crippen LogP contribution < -0.4 is 0 Å². The van der Waals surface area contributed by atoms with E-state index in [1.165, 1.54) is 0 Å². The summed E-state index contributed by atoms with van der Waals surface area (Å²) in [4.78, 5) is 15.0. The molecule has 10 rings (SSSR count). The zero-order valence-corrected chi connectivity index (χ0v) is 25.6. The first kappa shape index (κ1) is 26.6. The van der Waals surface area contributed by atoms with E-state index in [0.717, 1.165) is 82.5 Å². The van der Waals surface area contributed by atoms with E-state index in [0.29, 0.717) is 17.5 Å². The van der Waals surface area contributed by atoms with Gasteiger partial charge in [-0.3, -0.25) is 0 Å². The molecule has 0 saturated carbocycles. The number of benzene rings is 7. The summed E-state index contributed by atoms with van der Waals surface area (Å²) in [5, 5.41) is 6.58. The minimum Gasteiger partial charge on any atom is -0.456 e. The lowest BCUT2D eigenvalue weighted by Crippen LogP contribution is -2.00. The second-order valence-corrected chi connectivity index (χ2v) is 12.0. The van der Waals surface area contributed by atoms with Crippen LogP contribution in [-0.2, 0) is 0 Å². The third-order valence-corrected chi connectivity index (χ3v) is 9.11. The highest BCUT2D eigenvalue weighted by atomic mass is 16.3. The van der Waals surface area contributed by atoms with Crippen LogP contribution in [0.15, 0.2) is 160 Å². The molecule has 0 unspecified atom stereocenters. The molecular formula is C43H25N3O2. The second-order valence-electron chi connectivity index (χ2n) is 12.0. The highest BCUT2D eigenvalue weighted by Gasteiger charge is 2.16. The van der Waals surface area contributed by atoms with Crippen molar-refractivity contribution in [2.75, 3.05) is 0 Å². The number of nitrogens with zero attached hydrogens (tertiary/aromatic N) is 3. The van der Waals surface area contributed by atoms with Gasteiger partial charge in [-0.25, -0.2) is 15.0 Å². The van der Waals surface area contributed by atoms with Gasteiger partial charge in [0.2, 0.25) is 0 Å². The Morgan fingerprint density at radius 2 is 0.896 bits per heavy atom. The molecule has 0 bridgehead atoms. The molecule has 0 radical (unpaired) electrons. The predicted molar refractivity (Wildman–Crippen MR) is 194 cm³/mol. The average Bonchev–Trinajstić information content (AvgIpc) is 3.73. The summed E-state index contributed by atoms with van der Waals surface area (Å²) in [7, 11) is 0. The summed E-state index contributed by atoms with van der Waals surface area (Å²) in [5.41, 5.74) is 8.49. The Labute approximate surface area is 274 Å². The Morgan fingerprint density at radius 3 is 1.71 bits per heavy atom. The summed E-state index contributed by atoms with van der Waals surface area (Å²) in [6.45, 7) is 0. The van der Waals surface area contributed by atoms with Crippen molar-refractivity contribution in [3.63, 3.8) is 0 Å². The lowest BCUT2D eigenvalue weighted by atomic mass is 9.96. The van der Waals surface area contributed by atoms with Crippen LogP contribution in [0.2, 0.25) is 0 Å². The Morgan fingerprint density at radius 1 is 0.333 bits per heavy atom. The minimum absolute atomic E-state index is 0.610. The molecule has 5 nitrogen and oxygen atoms in total. The van der Waals surface area contributed by atoms with Crippen molar-refractivity contribution in [1.82, 2.24) is 15.0 Å². The predicted octanol–water partition coefficient (Wildman–Crippen LogP) is 11.5. The highest BCUT2D eigenvalue weighted by Crippen LogP contribution is 2.38. The van der Waals surface area contributed by atoms with Gasteiger partial charge in [0.05, 0.1) is 0 Å². The van der Waals surface area contributed by atoms with Crippen molar-refractivity contribution in [1.29, 1.82) is 0 Å². The Balaban J connectivity index is 1.14. The van der Waals surface area contributed by atoms with Crippen LogP contribution in [0, 0.1) is 0 Å². The van der Waals surface area contributed by atoms with E-state index in [-0.39, 0.29) is 0 Å². The van der Waals surface area contributed by atoms with Crippen LogP contribution in [0.3, 0.4) is 0 Å². The first-order chi connectivity index (χ1) is 23.7. The van der Waals surface area contributed by atoms with Gasteiger partial charge in [-0.05, 0) is 70.4 Å². The number of furan rings is 2. The van der Waals surface area contributed by atoms with Crippen LogP contribution in [0.5, 0.6) is 0 Å². The molecule has 3 aromatic heterocycles. The van der Waals surface area contributed by atoms with Crippen molar-refractivity contribution in [3.8, 4) is 45.3 Å². The first-order valence-corrected chi connectivity index (χ1v) is 15.9. The SMILES string of the molecule is c1ccc(-c2nc(-c3ccc4ccc(-c5cccc6oc7ccccc7c56)cc4c3)nc(-c3ccc4oc5ccccc5c4c3)n2)cc1.